The molecule has 6 nitrogen and oxygen atoms in total. The summed E-state index contributed by atoms with van der Waals surface area (Å²) in [6.45, 7) is 7.82. The molecule has 1 N–H and O–H groups in total. The highest BCUT2D eigenvalue weighted by Crippen LogP contribution is 2.45. The maximum absolute atomic E-state index is 13.7. The van der Waals surface area contributed by atoms with Crippen molar-refractivity contribution in [1.29, 1.82) is 0 Å². The first kappa shape index (κ1) is 18.9. The van der Waals surface area contributed by atoms with Gasteiger partial charge in [0.05, 0.1) is 11.3 Å². The monoisotopic (exact) mass is 389 g/mol. The van der Waals surface area contributed by atoms with Crippen molar-refractivity contribution in [2.45, 2.75) is 32.4 Å². The van der Waals surface area contributed by atoms with Crippen LogP contribution in [0.1, 0.15) is 34.3 Å². The molecule has 2 aliphatic rings. The van der Waals surface area contributed by atoms with Crippen molar-refractivity contribution in [1.82, 2.24) is 4.90 Å². The molecular formula is C23H23N3O3. The van der Waals surface area contributed by atoms with Crippen LogP contribution in [0.5, 0.6) is 0 Å². The molecule has 2 aliphatic heterocycles. The van der Waals surface area contributed by atoms with Crippen molar-refractivity contribution < 1.29 is 14.4 Å². The number of hydrogen-bond donors (Lipinski definition) is 1. The Labute approximate surface area is 169 Å². The molecule has 2 aromatic carbocycles. The average Bonchev–Trinajstić information content (AvgIpc) is 3.07. The van der Waals surface area contributed by atoms with Crippen LogP contribution in [0.25, 0.3) is 0 Å². The smallest absolute Gasteiger partial charge is 0.271 e. The zero-order chi connectivity index (χ0) is 20.8. The molecule has 1 atom stereocenters. The first-order valence-electron chi connectivity index (χ1n) is 9.64. The molecule has 0 radical (unpaired) electrons. The topological polar surface area (TPSA) is 69.7 Å². The molecule has 4 rings (SSSR count). The molecule has 148 valence electrons. The first-order chi connectivity index (χ1) is 13.9. The second kappa shape index (κ2) is 6.88. The Kier molecular flexibility index (Phi) is 4.49. The fourth-order valence-corrected chi connectivity index (χ4v) is 4.27. The lowest BCUT2D eigenvalue weighted by molar-refractivity contribution is -0.128. The van der Waals surface area contributed by atoms with Crippen molar-refractivity contribution in [3.63, 3.8) is 0 Å². The Morgan fingerprint density at radius 2 is 1.93 bits per heavy atom. The van der Waals surface area contributed by atoms with Gasteiger partial charge in [0.15, 0.2) is 0 Å². The minimum atomic E-state index is -1.41. The molecule has 6 heteroatoms. The molecule has 1 fully saturated rings. The minimum Gasteiger partial charge on any atom is -0.322 e. The second-order valence-electron chi connectivity index (χ2n) is 7.47. The summed E-state index contributed by atoms with van der Waals surface area (Å²) in [5, 5.41) is 2.98. The van der Waals surface area contributed by atoms with E-state index in [1.165, 1.54) is 9.80 Å². The molecule has 29 heavy (non-hydrogen) atoms. The van der Waals surface area contributed by atoms with Crippen LogP contribution in [0.15, 0.2) is 55.1 Å². The summed E-state index contributed by atoms with van der Waals surface area (Å²) in [7, 11) is 0. The number of benzene rings is 2. The number of hydrogen-bond acceptors (Lipinski definition) is 3. The zero-order valence-electron chi connectivity index (χ0n) is 16.6. The van der Waals surface area contributed by atoms with Gasteiger partial charge < -0.3 is 10.2 Å². The number of carbonyl (C=O) groups is 3. The van der Waals surface area contributed by atoms with Gasteiger partial charge in [-0.1, -0.05) is 30.3 Å². The van der Waals surface area contributed by atoms with Gasteiger partial charge in [-0.2, -0.15) is 0 Å². The quantitative estimate of drug-likeness (QED) is 0.815. The maximum Gasteiger partial charge on any atom is 0.271 e. The Bertz CT molecular complexity index is 1050. The highest BCUT2D eigenvalue weighted by atomic mass is 16.2. The van der Waals surface area contributed by atoms with Gasteiger partial charge >= 0.3 is 0 Å². The highest BCUT2D eigenvalue weighted by molar-refractivity contribution is 6.18. The van der Waals surface area contributed by atoms with Crippen molar-refractivity contribution in [3.05, 3.63) is 71.8 Å². The molecule has 0 bridgehead atoms. The summed E-state index contributed by atoms with van der Waals surface area (Å²) in [4.78, 5) is 42.8. The van der Waals surface area contributed by atoms with E-state index in [0.717, 1.165) is 11.1 Å². The number of nitrogens with zero attached hydrogens (tertiary/aromatic N) is 2. The van der Waals surface area contributed by atoms with Gasteiger partial charge in [0.1, 0.15) is 0 Å². The lowest BCUT2D eigenvalue weighted by Crippen LogP contribution is -2.69. The third-order valence-electron chi connectivity index (χ3n) is 5.90. The SMILES string of the molecule is C=CCN1C(=O)c2ccccc2N2C(=O)CCC12C(=O)Nc1cccc(C)c1C. The van der Waals surface area contributed by atoms with Gasteiger partial charge in [-0.05, 0) is 43.2 Å². The number of anilines is 2. The van der Waals surface area contributed by atoms with E-state index < -0.39 is 5.66 Å². The molecule has 0 aliphatic carbocycles. The third kappa shape index (κ3) is 2.67. The molecule has 0 spiro atoms. The molecule has 2 heterocycles. The summed E-state index contributed by atoms with van der Waals surface area (Å²) in [6, 6.07) is 12.6. The standard InChI is InChI=1S/C23H23N3O3/c1-4-14-25-21(28)17-9-5-6-11-19(17)26-20(27)12-13-23(25,26)22(29)24-18-10-7-8-15(2)16(18)3/h4-11H,1,12-14H2,2-3H3,(H,24,29). The van der Waals surface area contributed by atoms with Gasteiger partial charge in [0, 0.05) is 25.1 Å². The molecule has 1 unspecified atom stereocenters. The third-order valence-corrected chi connectivity index (χ3v) is 5.90. The van der Waals surface area contributed by atoms with E-state index in [2.05, 4.69) is 11.9 Å². The van der Waals surface area contributed by atoms with E-state index in [1.807, 2.05) is 32.0 Å². The average molecular weight is 389 g/mol. The summed E-state index contributed by atoms with van der Waals surface area (Å²) in [6.07, 6.45) is 2.01. The molecule has 0 saturated carbocycles. The number of amides is 3. The van der Waals surface area contributed by atoms with Crippen molar-refractivity contribution in [3.8, 4) is 0 Å². The largest absolute Gasteiger partial charge is 0.322 e. The van der Waals surface area contributed by atoms with Crippen LogP contribution in [0.3, 0.4) is 0 Å². The molecule has 1 saturated heterocycles. The van der Waals surface area contributed by atoms with E-state index in [4.69, 9.17) is 0 Å². The number of fused-ring (bicyclic) bond motifs is 3. The molecule has 0 aromatic heterocycles. The van der Waals surface area contributed by atoms with Crippen LogP contribution in [-0.4, -0.2) is 34.8 Å². The second-order valence-corrected chi connectivity index (χ2v) is 7.47. The predicted octanol–water partition coefficient (Wildman–Crippen LogP) is 3.41. The fraction of sp³-hybridized carbons (Fsp3) is 0.261. The summed E-state index contributed by atoms with van der Waals surface area (Å²) >= 11 is 0. The summed E-state index contributed by atoms with van der Waals surface area (Å²) < 4.78 is 0. The summed E-state index contributed by atoms with van der Waals surface area (Å²) in [5.74, 6) is -0.834. The Morgan fingerprint density at radius 1 is 1.17 bits per heavy atom. The zero-order valence-corrected chi connectivity index (χ0v) is 16.6. The van der Waals surface area contributed by atoms with Crippen LogP contribution < -0.4 is 10.2 Å². The predicted molar refractivity (Wildman–Crippen MR) is 112 cm³/mol. The van der Waals surface area contributed by atoms with Crippen molar-refractivity contribution >= 4 is 29.1 Å². The van der Waals surface area contributed by atoms with Gasteiger partial charge in [-0.15, -0.1) is 6.58 Å². The number of nitrogens with one attached hydrogen (secondary N) is 1. The lowest BCUT2D eigenvalue weighted by Gasteiger charge is -2.48. The highest BCUT2D eigenvalue weighted by Gasteiger charge is 2.60. The number of carbonyl (C=O) groups excluding carboxylic acids is 3. The van der Waals surface area contributed by atoms with E-state index in [9.17, 15) is 14.4 Å². The van der Waals surface area contributed by atoms with E-state index >= 15 is 0 Å². The Morgan fingerprint density at radius 3 is 2.69 bits per heavy atom. The van der Waals surface area contributed by atoms with E-state index in [1.54, 1.807) is 30.3 Å². The van der Waals surface area contributed by atoms with Gasteiger partial charge in [-0.3, -0.25) is 19.3 Å². The van der Waals surface area contributed by atoms with E-state index in [-0.39, 0.29) is 37.1 Å². The van der Waals surface area contributed by atoms with Crippen molar-refractivity contribution in [2.24, 2.45) is 0 Å². The van der Waals surface area contributed by atoms with Gasteiger partial charge in [-0.25, -0.2) is 0 Å². The molecule has 3 amide bonds. The minimum absolute atomic E-state index is 0.164. The first-order valence-corrected chi connectivity index (χ1v) is 9.64. The number of rotatable bonds is 4. The van der Waals surface area contributed by atoms with Crippen molar-refractivity contribution in [2.75, 3.05) is 16.8 Å². The Balaban J connectivity index is 1.86. The summed E-state index contributed by atoms with van der Waals surface area (Å²) in [5.41, 5.74) is 2.16. The van der Waals surface area contributed by atoms with Crippen LogP contribution in [0, 0.1) is 13.8 Å². The van der Waals surface area contributed by atoms with Crippen LogP contribution in [0.4, 0.5) is 11.4 Å². The number of aryl methyl sites for hydroxylation is 1. The lowest BCUT2D eigenvalue weighted by atomic mass is 9.95. The van der Waals surface area contributed by atoms with Gasteiger partial charge in [0.25, 0.3) is 11.8 Å². The molecular weight excluding hydrogens is 366 g/mol. The number of para-hydroxylation sites is 1. The van der Waals surface area contributed by atoms with Crippen LogP contribution >= 0.6 is 0 Å². The Hall–Kier alpha value is -3.41. The van der Waals surface area contributed by atoms with Gasteiger partial charge in [0.2, 0.25) is 11.6 Å². The van der Waals surface area contributed by atoms with Crippen LogP contribution in [0.2, 0.25) is 0 Å². The normalized spacial score (nSPS) is 20.3. The maximum atomic E-state index is 13.7. The fourth-order valence-electron chi connectivity index (χ4n) is 4.27. The van der Waals surface area contributed by atoms with Crippen LogP contribution in [-0.2, 0) is 9.59 Å². The van der Waals surface area contributed by atoms with E-state index in [0.29, 0.717) is 16.9 Å². The molecule has 2 aromatic rings.